The standard InChI is InChI=1S/C18H21N7O3/c19-24-23-13-8-20-7-12(13)21-6-10-2-1-3-11-9-25(18(28)16(10)11)14-4-5-15(26)22-17(14)27/h1-3,12-14,20-21H,4-9H2,(H,22,26,27)/t12-,13+,14?/m0/s1. The average molecular weight is 383 g/mol. The highest BCUT2D eigenvalue weighted by molar-refractivity contribution is 6.05. The van der Waals surface area contributed by atoms with Gasteiger partial charge in [-0.05, 0) is 23.1 Å². The lowest BCUT2D eigenvalue weighted by Gasteiger charge is -2.29. The fraction of sp³-hybridized carbons (Fsp3) is 0.500. The van der Waals surface area contributed by atoms with E-state index >= 15 is 0 Å². The fourth-order valence-corrected chi connectivity index (χ4v) is 4.14. The molecule has 3 aliphatic rings. The summed E-state index contributed by atoms with van der Waals surface area (Å²) in [6, 6.07) is 4.89. The van der Waals surface area contributed by atoms with Crippen LogP contribution in [-0.4, -0.2) is 53.8 Å². The molecule has 0 aliphatic carbocycles. The lowest BCUT2D eigenvalue weighted by Crippen LogP contribution is -2.52. The summed E-state index contributed by atoms with van der Waals surface area (Å²) in [5.74, 6) is -0.889. The van der Waals surface area contributed by atoms with Crippen molar-refractivity contribution in [2.45, 2.75) is 44.1 Å². The van der Waals surface area contributed by atoms with Crippen LogP contribution < -0.4 is 16.0 Å². The van der Waals surface area contributed by atoms with Gasteiger partial charge in [0.1, 0.15) is 6.04 Å². The van der Waals surface area contributed by atoms with E-state index in [4.69, 9.17) is 5.53 Å². The second-order valence-corrected chi connectivity index (χ2v) is 7.27. The van der Waals surface area contributed by atoms with Crippen LogP contribution in [-0.2, 0) is 22.7 Å². The zero-order valence-corrected chi connectivity index (χ0v) is 15.2. The van der Waals surface area contributed by atoms with Crippen molar-refractivity contribution in [3.63, 3.8) is 0 Å². The zero-order valence-electron chi connectivity index (χ0n) is 15.2. The van der Waals surface area contributed by atoms with Crippen LogP contribution in [0.5, 0.6) is 0 Å². The SMILES string of the molecule is [N-]=[N+]=N[C@@H]1CNC[C@@H]1NCc1cccc2c1C(=O)N(C1CCC(=O)NC1=O)C2. The van der Waals surface area contributed by atoms with Crippen molar-refractivity contribution < 1.29 is 14.4 Å². The number of azide groups is 1. The van der Waals surface area contributed by atoms with Crippen LogP contribution in [0, 0.1) is 0 Å². The third-order valence-corrected chi connectivity index (χ3v) is 5.58. The Bertz CT molecular complexity index is 880. The minimum Gasteiger partial charge on any atom is -0.322 e. The molecule has 0 radical (unpaired) electrons. The number of carbonyl (C=O) groups is 3. The van der Waals surface area contributed by atoms with Crippen LogP contribution in [0.3, 0.4) is 0 Å². The first-order valence-electron chi connectivity index (χ1n) is 9.32. The maximum Gasteiger partial charge on any atom is 0.255 e. The van der Waals surface area contributed by atoms with Crippen molar-refractivity contribution in [2.24, 2.45) is 5.11 Å². The summed E-state index contributed by atoms with van der Waals surface area (Å²) in [6.45, 7) is 2.13. The third-order valence-electron chi connectivity index (χ3n) is 5.58. The Morgan fingerprint density at radius 2 is 2.14 bits per heavy atom. The van der Waals surface area contributed by atoms with Gasteiger partial charge in [0.2, 0.25) is 11.8 Å². The monoisotopic (exact) mass is 383 g/mol. The van der Waals surface area contributed by atoms with Crippen LogP contribution >= 0.6 is 0 Å². The number of nitrogens with zero attached hydrogens (tertiary/aromatic N) is 4. The van der Waals surface area contributed by atoms with Crippen molar-refractivity contribution in [1.29, 1.82) is 0 Å². The molecule has 3 atom stereocenters. The second kappa shape index (κ2) is 7.59. The smallest absolute Gasteiger partial charge is 0.255 e. The molecule has 0 aromatic heterocycles. The number of nitrogens with one attached hydrogen (secondary N) is 3. The van der Waals surface area contributed by atoms with Gasteiger partial charge in [-0.1, -0.05) is 23.3 Å². The molecule has 0 bridgehead atoms. The molecule has 3 N–H and O–H groups in total. The molecule has 3 amide bonds. The molecule has 2 saturated heterocycles. The number of benzene rings is 1. The molecule has 4 rings (SSSR count). The highest BCUT2D eigenvalue weighted by Gasteiger charge is 2.40. The summed E-state index contributed by atoms with van der Waals surface area (Å²) >= 11 is 0. The predicted octanol–water partition coefficient (Wildman–Crippen LogP) is 0.188. The van der Waals surface area contributed by atoms with E-state index in [-0.39, 0.29) is 30.3 Å². The minimum atomic E-state index is -0.619. The lowest BCUT2D eigenvalue weighted by atomic mass is 10.0. The van der Waals surface area contributed by atoms with Gasteiger partial charge in [-0.15, -0.1) is 0 Å². The highest BCUT2D eigenvalue weighted by Crippen LogP contribution is 2.30. The van der Waals surface area contributed by atoms with Gasteiger partial charge in [0.25, 0.3) is 5.91 Å². The largest absolute Gasteiger partial charge is 0.322 e. The van der Waals surface area contributed by atoms with Crippen molar-refractivity contribution in [3.05, 3.63) is 45.3 Å². The molecule has 28 heavy (non-hydrogen) atoms. The van der Waals surface area contributed by atoms with Crippen molar-refractivity contribution in [3.8, 4) is 0 Å². The summed E-state index contributed by atoms with van der Waals surface area (Å²) in [6.07, 6.45) is 0.583. The number of fused-ring (bicyclic) bond motifs is 1. The summed E-state index contributed by atoms with van der Waals surface area (Å²) in [5.41, 5.74) is 11.0. The van der Waals surface area contributed by atoms with E-state index in [0.717, 1.165) is 11.1 Å². The van der Waals surface area contributed by atoms with Crippen molar-refractivity contribution in [1.82, 2.24) is 20.9 Å². The van der Waals surface area contributed by atoms with E-state index in [9.17, 15) is 14.4 Å². The number of hydrogen-bond acceptors (Lipinski definition) is 6. The zero-order chi connectivity index (χ0) is 19.7. The Morgan fingerprint density at radius 1 is 1.29 bits per heavy atom. The third kappa shape index (κ3) is 3.33. The van der Waals surface area contributed by atoms with Gasteiger partial charge < -0.3 is 15.5 Å². The van der Waals surface area contributed by atoms with Gasteiger partial charge in [-0.25, -0.2) is 0 Å². The van der Waals surface area contributed by atoms with E-state index in [1.807, 2.05) is 18.2 Å². The average Bonchev–Trinajstić information content (AvgIpc) is 3.25. The first-order valence-corrected chi connectivity index (χ1v) is 9.32. The van der Waals surface area contributed by atoms with Crippen LogP contribution in [0.1, 0.15) is 34.3 Å². The van der Waals surface area contributed by atoms with Crippen LogP contribution in [0.25, 0.3) is 10.4 Å². The Morgan fingerprint density at radius 3 is 2.93 bits per heavy atom. The van der Waals surface area contributed by atoms with E-state index in [0.29, 0.717) is 38.2 Å². The summed E-state index contributed by atoms with van der Waals surface area (Å²) in [4.78, 5) is 41.1. The van der Waals surface area contributed by atoms with Crippen molar-refractivity contribution >= 4 is 17.7 Å². The van der Waals surface area contributed by atoms with Gasteiger partial charge in [0.05, 0.1) is 6.04 Å². The summed E-state index contributed by atoms with van der Waals surface area (Å²) < 4.78 is 0. The van der Waals surface area contributed by atoms with Gasteiger partial charge >= 0.3 is 0 Å². The second-order valence-electron chi connectivity index (χ2n) is 7.27. The molecule has 10 nitrogen and oxygen atoms in total. The maximum atomic E-state index is 13.1. The molecule has 1 aromatic rings. The Balaban J connectivity index is 1.50. The lowest BCUT2D eigenvalue weighted by molar-refractivity contribution is -0.136. The molecule has 1 unspecified atom stereocenters. The first-order chi connectivity index (χ1) is 13.6. The molecule has 2 fully saturated rings. The summed E-state index contributed by atoms with van der Waals surface area (Å²) in [5, 5.41) is 12.7. The van der Waals surface area contributed by atoms with Crippen LogP contribution in [0.4, 0.5) is 0 Å². The molecular formula is C18H21N7O3. The maximum absolute atomic E-state index is 13.1. The Kier molecular flexibility index (Phi) is 4.99. The van der Waals surface area contributed by atoms with E-state index in [1.54, 1.807) is 4.90 Å². The van der Waals surface area contributed by atoms with Crippen LogP contribution in [0.15, 0.2) is 23.3 Å². The molecule has 1 aromatic carbocycles. The molecular weight excluding hydrogens is 362 g/mol. The Labute approximate surface area is 161 Å². The molecule has 0 saturated carbocycles. The number of hydrogen-bond donors (Lipinski definition) is 3. The number of piperidine rings is 1. The van der Waals surface area contributed by atoms with E-state index < -0.39 is 11.9 Å². The highest BCUT2D eigenvalue weighted by atomic mass is 16.2. The van der Waals surface area contributed by atoms with Gasteiger partial charge in [0.15, 0.2) is 0 Å². The predicted molar refractivity (Wildman–Crippen MR) is 98.9 cm³/mol. The Hall–Kier alpha value is -2.94. The molecule has 10 heteroatoms. The molecule has 146 valence electrons. The van der Waals surface area contributed by atoms with Gasteiger partial charge in [-0.2, -0.15) is 0 Å². The number of carbonyl (C=O) groups excluding carboxylic acids is 3. The number of amides is 3. The van der Waals surface area contributed by atoms with Crippen LogP contribution in [0.2, 0.25) is 0 Å². The molecule has 0 spiro atoms. The first kappa shape index (κ1) is 18.4. The van der Waals surface area contributed by atoms with Crippen molar-refractivity contribution in [2.75, 3.05) is 13.1 Å². The number of imide groups is 1. The van der Waals surface area contributed by atoms with Gasteiger partial charge in [0, 0.05) is 49.1 Å². The molecule has 3 aliphatic heterocycles. The molecule has 3 heterocycles. The van der Waals surface area contributed by atoms with E-state index in [2.05, 4.69) is 26.0 Å². The summed E-state index contributed by atoms with van der Waals surface area (Å²) in [7, 11) is 0. The van der Waals surface area contributed by atoms with E-state index in [1.165, 1.54) is 0 Å². The quantitative estimate of drug-likeness (QED) is 0.288. The number of rotatable bonds is 5. The normalized spacial score (nSPS) is 26.8. The van der Waals surface area contributed by atoms with Gasteiger partial charge in [-0.3, -0.25) is 19.7 Å². The minimum absolute atomic E-state index is 0.00509. The topological polar surface area (TPSA) is 139 Å². The fourth-order valence-electron chi connectivity index (χ4n) is 4.14.